The fourth-order valence-electron chi connectivity index (χ4n) is 2.12. The summed E-state index contributed by atoms with van der Waals surface area (Å²) in [5.74, 6) is 0.881. The molecular formula is C17H19N3O. The van der Waals surface area contributed by atoms with Gasteiger partial charge in [-0.15, -0.1) is 0 Å². The summed E-state index contributed by atoms with van der Waals surface area (Å²) in [7, 11) is 0. The van der Waals surface area contributed by atoms with Gasteiger partial charge in [-0.2, -0.15) is 5.26 Å². The molecule has 2 rings (SSSR count). The standard InChI is InChI=1S/C17H19N3O/c1-3-19-11-14-7-4-6-13(2)17(14)21-12-15-8-5-9-20-16(15)10-18/h4-9,19H,3,11-12H2,1-2H3. The van der Waals surface area contributed by atoms with Gasteiger partial charge in [0.1, 0.15) is 24.1 Å². The molecular weight excluding hydrogens is 262 g/mol. The van der Waals surface area contributed by atoms with Crippen molar-refractivity contribution in [3.63, 3.8) is 0 Å². The van der Waals surface area contributed by atoms with Crippen LogP contribution in [-0.2, 0) is 13.2 Å². The molecule has 0 aliphatic rings. The molecule has 0 saturated heterocycles. The van der Waals surface area contributed by atoms with Crippen LogP contribution >= 0.6 is 0 Å². The number of aryl methyl sites for hydroxylation is 1. The number of hydrogen-bond acceptors (Lipinski definition) is 4. The van der Waals surface area contributed by atoms with Crippen LogP contribution < -0.4 is 10.1 Å². The molecule has 0 amide bonds. The molecule has 0 unspecified atom stereocenters. The second-order valence-corrected chi connectivity index (χ2v) is 4.76. The number of pyridine rings is 1. The first-order chi connectivity index (χ1) is 10.3. The number of nitrogens with one attached hydrogen (secondary N) is 1. The van der Waals surface area contributed by atoms with Gasteiger partial charge in [0.15, 0.2) is 0 Å². The second kappa shape index (κ2) is 7.41. The van der Waals surface area contributed by atoms with Gasteiger partial charge in [-0.1, -0.05) is 31.2 Å². The summed E-state index contributed by atoms with van der Waals surface area (Å²) in [5, 5.41) is 12.4. The molecule has 1 heterocycles. The Hall–Kier alpha value is -2.38. The lowest BCUT2D eigenvalue weighted by molar-refractivity contribution is 0.299. The molecule has 0 atom stereocenters. The Morgan fingerprint density at radius 1 is 1.24 bits per heavy atom. The smallest absolute Gasteiger partial charge is 0.147 e. The quantitative estimate of drug-likeness (QED) is 0.884. The van der Waals surface area contributed by atoms with E-state index >= 15 is 0 Å². The second-order valence-electron chi connectivity index (χ2n) is 4.76. The number of para-hydroxylation sites is 1. The van der Waals surface area contributed by atoms with E-state index in [1.54, 1.807) is 6.20 Å². The van der Waals surface area contributed by atoms with Gasteiger partial charge in [0.2, 0.25) is 0 Å². The first-order valence-corrected chi connectivity index (χ1v) is 7.02. The number of aromatic nitrogens is 1. The zero-order valence-electron chi connectivity index (χ0n) is 12.4. The highest BCUT2D eigenvalue weighted by molar-refractivity contribution is 5.41. The highest BCUT2D eigenvalue weighted by Gasteiger charge is 2.09. The molecule has 108 valence electrons. The Balaban J connectivity index is 2.18. The summed E-state index contributed by atoms with van der Waals surface area (Å²) in [6.07, 6.45) is 1.62. The maximum Gasteiger partial charge on any atom is 0.147 e. The largest absolute Gasteiger partial charge is 0.488 e. The van der Waals surface area contributed by atoms with Gasteiger partial charge in [-0.05, 0) is 25.1 Å². The molecule has 0 radical (unpaired) electrons. The molecule has 1 N–H and O–H groups in total. The van der Waals surface area contributed by atoms with Crippen LogP contribution in [0.5, 0.6) is 5.75 Å². The summed E-state index contributed by atoms with van der Waals surface area (Å²) in [6, 6.07) is 11.9. The fraction of sp³-hybridized carbons (Fsp3) is 0.294. The topological polar surface area (TPSA) is 57.9 Å². The maximum atomic E-state index is 9.06. The minimum Gasteiger partial charge on any atom is -0.488 e. The summed E-state index contributed by atoms with van der Waals surface area (Å²) in [5.41, 5.74) is 3.43. The Bertz CT molecular complexity index is 647. The molecule has 4 nitrogen and oxygen atoms in total. The monoisotopic (exact) mass is 281 g/mol. The molecule has 2 aromatic rings. The molecule has 0 bridgehead atoms. The Morgan fingerprint density at radius 3 is 2.81 bits per heavy atom. The van der Waals surface area contributed by atoms with Crippen LogP contribution in [0.25, 0.3) is 0 Å². The van der Waals surface area contributed by atoms with E-state index in [-0.39, 0.29) is 0 Å². The molecule has 0 spiro atoms. The number of nitriles is 1. The van der Waals surface area contributed by atoms with Gasteiger partial charge >= 0.3 is 0 Å². The zero-order chi connectivity index (χ0) is 15.1. The van der Waals surface area contributed by atoms with Crippen molar-refractivity contribution in [2.24, 2.45) is 0 Å². The normalized spacial score (nSPS) is 10.1. The molecule has 0 aliphatic heterocycles. The molecule has 1 aromatic carbocycles. The summed E-state index contributed by atoms with van der Waals surface area (Å²) in [6.45, 7) is 6.13. The average molecular weight is 281 g/mol. The fourth-order valence-corrected chi connectivity index (χ4v) is 2.12. The minimum absolute atomic E-state index is 0.348. The van der Waals surface area contributed by atoms with Crippen molar-refractivity contribution in [2.75, 3.05) is 6.54 Å². The highest BCUT2D eigenvalue weighted by Crippen LogP contribution is 2.24. The van der Waals surface area contributed by atoms with Crippen molar-refractivity contribution < 1.29 is 4.74 Å². The lowest BCUT2D eigenvalue weighted by Crippen LogP contribution is -2.13. The molecule has 0 saturated carbocycles. The molecule has 4 heteroatoms. The van der Waals surface area contributed by atoms with E-state index < -0.39 is 0 Å². The van der Waals surface area contributed by atoms with Crippen LogP contribution in [0.4, 0.5) is 0 Å². The molecule has 0 fully saturated rings. The van der Waals surface area contributed by atoms with E-state index in [1.807, 2.05) is 31.2 Å². The van der Waals surface area contributed by atoms with E-state index in [0.717, 1.165) is 35.5 Å². The third-order valence-corrected chi connectivity index (χ3v) is 3.23. The van der Waals surface area contributed by atoms with E-state index in [4.69, 9.17) is 10.00 Å². The minimum atomic E-state index is 0.348. The first kappa shape index (κ1) is 15.0. The van der Waals surface area contributed by atoms with E-state index in [0.29, 0.717) is 12.3 Å². The lowest BCUT2D eigenvalue weighted by atomic mass is 10.1. The van der Waals surface area contributed by atoms with Gasteiger partial charge in [-0.25, -0.2) is 4.98 Å². The lowest BCUT2D eigenvalue weighted by Gasteiger charge is -2.14. The number of nitrogens with zero attached hydrogens (tertiary/aromatic N) is 2. The van der Waals surface area contributed by atoms with Crippen molar-refractivity contribution in [2.45, 2.75) is 27.0 Å². The molecule has 0 aliphatic carbocycles. The molecule has 21 heavy (non-hydrogen) atoms. The summed E-state index contributed by atoms with van der Waals surface area (Å²) < 4.78 is 5.96. The predicted octanol–water partition coefficient (Wildman–Crippen LogP) is 2.95. The Morgan fingerprint density at radius 2 is 2.05 bits per heavy atom. The number of rotatable bonds is 6. The van der Waals surface area contributed by atoms with Crippen molar-refractivity contribution in [1.29, 1.82) is 5.26 Å². The zero-order valence-corrected chi connectivity index (χ0v) is 12.4. The van der Waals surface area contributed by atoms with Crippen LogP contribution in [0.2, 0.25) is 0 Å². The SMILES string of the molecule is CCNCc1cccc(C)c1OCc1cccnc1C#N. The number of hydrogen-bond donors (Lipinski definition) is 1. The molecule has 1 aromatic heterocycles. The van der Waals surface area contributed by atoms with Crippen molar-refractivity contribution >= 4 is 0 Å². The summed E-state index contributed by atoms with van der Waals surface area (Å²) >= 11 is 0. The van der Waals surface area contributed by atoms with Crippen molar-refractivity contribution in [3.8, 4) is 11.8 Å². The number of benzene rings is 1. The summed E-state index contributed by atoms with van der Waals surface area (Å²) in [4.78, 5) is 4.05. The van der Waals surface area contributed by atoms with Crippen molar-refractivity contribution in [3.05, 3.63) is 58.9 Å². The number of ether oxygens (including phenoxy) is 1. The van der Waals surface area contributed by atoms with E-state index in [1.165, 1.54) is 0 Å². The van der Waals surface area contributed by atoms with Gasteiger partial charge in [0, 0.05) is 23.9 Å². The van der Waals surface area contributed by atoms with E-state index in [9.17, 15) is 0 Å². The third kappa shape index (κ3) is 3.80. The first-order valence-electron chi connectivity index (χ1n) is 7.02. The predicted molar refractivity (Wildman–Crippen MR) is 81.8 cm³/mol. The van der Waals surface area contributed by atoms with Crippen LogP contribution in [0.15, 0.2) is 36.5 Å². The third-order valence-electron chi connectivity index (χ3n) is 3.23. The van der Waals surface area contributed by atoms with Gasteiger partial charge in [-0.3, -0.25) is 0 Å². The van der Waals surface area contributed by atoms with Gasteiger partial charge in [0.05, 0.1) is 0 Å². The maximum absolute atomic E-state index is 9.06. The van der Waals surface area contributed by atoms with Gasteiger partial charge < -0.3 is 10.1 Å². The Kier molecular flexibility index (Phi) is 5.30. The van der Waals surface area contributed by atoms with E-state index in [2.05, 4.69) is 29.4 Å². The van der Waals surface area contributed by atoms with Crippen LogP contribution in [0, 0.1) is 18.3 Å². The highest BCUT2D eigenvalue weighted by atomic mass is 16.5. The van der Waals surface area contributed by atoms with Crippen molar-refractivity contribution in [1.82, 2.24) is 10.3 Å². The Labute approximate surface area is 125 Å². The van der Waals surface area contributed by atoms with Crippen LogP contribution in [0.1, 0.15) is 29.3 Å². The average Bonchev–Trinajstić information content (AvgIpc) is 2.52. The van der Waals surface area contributed by atoms with Crippen LogP contribution in [-0.4, -0.2) is 11.5 Å². The van der Waals surface area contributed by atoms with Crippen LogP contribution in [0.3, 0.4) is 0 Å². The van der Waals surface area contributed by atoms with Gasteiger partial charge in [0.25, 0.3) is 0 Å².